The summed E-state index contributed by atoms with van der Waals surface area (Å²) in [7, 11) is -1.45. The summed E-state index contributed by atoms with van der Waals surface area (Å²) in [6, 6.07) is 52.1. The number of rotatable bonds is 5. The number of hydrogen-bond acceptors (Lipinski definition) is 3. The number of anilines is 3. The molecule has 5 aromatic carbocycles. The molecule has 3 heterocycles. The summed E-state index contributed by atoms with van der Waals surface area (Å²) >= 11 is 0. The second-order valence-corrected chi connectivity index (χ2v) is 20.4. The molecule has 3 nitrogen and oxygen atoms in total. The van der Waals surface area contributed by atoms with Gasteiger partial charge < -0.3 is 14.9 Å². The Morgan fingerprint density at radius 2 is 1.26 bits per heavy atom. The molecule has 7 aromatic rings. The first kappa shape index (κ1) is 32.5. The number of aromatic nitrogens is 2. The van der Waals surface area contributed by atoms with Crippen LogP contribution in [0.5, 0.6) is 0 Å². The number of fused-ring (bicyclic) bond motifs is 5. The van der Waals surface area contributed by atoms with E-state index in [0.717, 1.165) is 16.9 Å². The van der Waals surface area contributed by atoms with Crippen molar-refractivity contribution in [3.8, 4) is 44.8 Å². The van der Waals surface area contributed by atoms with Crippen molar-refractivity contribution >= 4 is 30.3 Å². The monoisotopic (exact) mass is 903 g/mol. The Bertz CT molecular complexity index is 2510. The maximum Gasteiger partial charge on any atom is 0.0767 e. The first-order valence-corrected chi connectivity index (χ1v) is 21.5. The molecule has 0 N–H and O–H groups in total. The molecule has 0 atom stereocenters. The molecular formula is C49H47IrN3Si-2. The molecule has 273 valence electrons. The van der Waals surface area contributed by atoms with Crippen molar-refractivity contribution in [3.05, 3.63) is 169 Å². The van der Waals surface area contributed by atoms with Crippen molar-refractivity contribution in [2.24, 2.45) is 5.41 Å². The van der Waals surface area contributed by atoms with E-state index >= 15 is 0 Å². The summed E-state index contributed by atoms with van der Waals surface area (Å²) in [6.45, 7) is 9.96. The molecule has 0 unspecified atom stereocenters. The topological polar surface area (TPSA) is 29.0 Å². The van der Waals surface area contributed by atoms with E-state index < -0.39 is 26.7 Å². The van der Waals surface area contributed by atoms with Crippen LogP contribution in [0.25, 0.3) is 44.8 Å². The van der Waals surface area contributed by atoms with Gasteiger partial charge >= 0.3 is 0 Å². The van der Waals surface area contributed by atoms with Gasteiger partial charge in [0.2, 0.25) is 0 Å². The number of pyridine rings is 2. The molecular weight excluding hydrogens is 851 g/mol. The van der Waals surface area contributed by atoms with E-state index in [0.29, 0.717) is 11.3 Å². The minimum Gasteiger partial charge on any atom is -0.327 e. The van der Waals surface area contributed by atoms with Gasteiger partial charge in [0.15, 0.2) is 0 Å². The fourth-order valence-electron chi connectivity index (χ4n) is 6.60. The van der Waals surface area contributed by atoms with Crippen molar-refractivity contribution in [2.45, 2.75) is 53.6 Å². The van der Waals surface area contributed by atoms with Crippen LogP contribution in [-0.4, -0.2) is 18.0 Å². The molecule has 0 fully saturated rings. The third kappa shape index (κ3) is 8.55. The molecule has 0 aliphatic carbocycles. The van der Waals surface area contributed by atoms with E-state index in [1.165, 1.54) is 45.0 Å². The maximum absolute atomic E-state index is 8.48. The Labute approximate surface area is 343 Å². The fraction of sp³-hybridized carbons (Fsp3) is 0.184. The van der Waals surface area contributed by atoms with Gasteiger partial charge in [0.1, 0.15) is 0 Å². The van der Waals surface area contributed by atoms with Crippen molar-refractivity contribution in [1.29, 1.82) is 0 Å². The first-order valence-electron chi connectivity index (χ1n) is 20.5. The predicted molar refractivity (Wildman–Crippen MR) is 227 cm³/mol. The van der Waals surface area contributed by atoms with E-state index in [1.54, 1.807) is 32.9 Å². The molecule has 0 saturated carbocycles. The Kier molecular flexibility index (Phi) is 9.75. The smallest absolute Gasteiger partial charge is 0.0767 e. The van der Waals surface area contributed by atoms with E-state index in [9.17, 15) is 0 Å². The van der Waals surface area contributed by atoms with Gasteiger partial charge in [-0.3, -0.25) is 0 Å². The van der Waals surface area contributed by atoms with Gasteiger partial charge in [0.05, 0.1) is 19.4 Å². The van der Waals surface area contributed by atoms with Crippen LogP contribution >= 0.6 is 0 Å². The van der Waals surface area contributed by atoms with Gasteiger partial charge in [0, 0.05) is 50.5 Å². The van der Waals surface area contributed by atoms with Crippen LogP contribution in [0.4, 0.5) is 17.1 Å². The van der Waals surface area contributed by atoms with Crippen molar-refractivity contribution in [2.75, 3.05) is 4.90 Å². The third-order valence-corrected chi connectivity index (χ3v) is 11.2. The van der Waals surface area contributed by atoms with Crippen LogP contribution < -0.4 is 10.1 Å². The molecule has 0 spiro atoms. The van der Waals surface area contributed by atoms with Gasteiger partial charge in [-0.1, -0.05) is 124 Å². The normalized spacial score (nSPS) is 13.7. The number of hydrogen-bond donors (Lipinski definition) is 0. The molecule has 2 aromatic heterocycles. The Balaban J connectivity index is 0.000000213. The van der Waals surface area contributed by atoms with E-state index in [2.05, 4.69) is 139 Å². The minimum atomic E-state index is -2.42. The molecule has 8 rings (SSSR count). The van der Waals surface area contributed by atoms with E-state index in [1.807, 2.05) is 30.5 Å². The molecule has 0 bridgehead atoms. The number of para-hydroxylation sites is 2. The predicted octanol–water partition coefficient (Wildman–Crippen LogP) is 12.7. The molecule has 1 aliphatic heterocycles. The zero-order valence-corrected chi connectivity index (χ0v) is 34.9. The summed E-state index contributed by atoms with van der Waals surface area (Å²) in [6.07, 6.45) is 1.39. The number of aryl methyl sites for hydroxylation is 1. The standard InChI is InChI=1S/C32H27N2Si.C17H20N.Ir/c1-35(2,3)25-19-20-33-30(22-25)23-11-10-12-24(21-23)34-31-17-8-6-15-28(31)26-13-4-5-14-27(26)29-16-7-9-18-32(29)34;1-13-12-18-16(14-8-6-5-7-9-14)10-15(13)11-17(2,3)4;/h4-10,12-22H,1-3H3;5-8,10,12H,11H2,1-4H3;/q2*-1;/i;1D3,11D2;. The SMILES string of the molecule is C[Si](C)(C)c1ccnc(-c2[c-]ccc(N3c4ccccc4-c4ccccc4-c4ccccc43)c2)c1.[2H]C([2H])([2H])c1cnc(-c2[c-]cccc2)cc1C([2H])([2H])C(C)(C)C.[Ir]. The van der Waals surface area contributed by atoms with Gasteiger partial charge in [-0.25, -0.2) is 0 Å². The molecule has 1 aliphatic rings. The molecule has 5 heteroatoms. The maximum atomic E-state index is 8.48. The Morgan fingerprint density at radius 3 is 1.85 bits per heavy atom. The molecule has 0 saturated heterocycles. The summed E-state index contributed by atoms with van der Waals surface area (Å²) in [5.41, 5.74) is 11.0. The van der Waals surface area contributed by atoms with Crippen molar-refractivity contribution in [3.63, 3.8) is 0 Å². The Morgan fingerprint density at radius 1 is 0.667 bits per heavy atom. The molecule has 1 radical (unpaired) electrons. The molecule has 54 heavy (non-hydrogen) atoms. The first-order chi connectivity index (χ1) is 27.4. The number of benzene rings is 5. The van der Waals surface area contributed by atoms with Gasteiger partial charge in [0.25, 0.3) is 0 Å². The second-order valence-electron chi connectivity index (χ2n) is 15.3. The van der Waals surface area contributed by atoms with Gasteiger partial charge in [-0.2, -0.15) is 0 Å². The Hall–Kier alpha value is -4.93. The average Bonchev–Trinajstić information content (AvgIpc) is 3.33. The summed E-state index contributed by atoms with van der Waals surface area (Å²) < 4.78 is 40.0. The van der Waals surface area contributed by atoms with Gasteiger partial charge in [-0.15, -0.1) is 65.7 Å². The van der Waals surface area contributed by atoms with Crippen LogP contribution in [0.2, 0.25) is 19.6 Å². The zero-order valence-electron chi connectivity index (χ0n) is 36.5. The fourth-order valence-corrected chi connectivity index (χ4v) is 7.75. The third-order valence-electron chi connectivity index (χ3n) is 9.14. The van der Waals surface area contributed by atoms with Crippen molar-refractivity contribution < 1.29 is 27.0 Å². The van der Waals surface area contributed by atoms with Crippen LogP contribution in [0.1, 0.15) is 38.8 Å². The van der Waals surface area contributed by atoms with Gasteiger partial charge in [-0.05, 0) is 70.6 Å². The van der Waals surface area contributed by atoms with Crippen LogP contribution in [0, 0.1) is 24.4 Å². The largest absolute Gasteiger partial charge is 0.327 e. The molecule has 0 amide bonds. The summed E-state index contributed by atoms with van der Waals surface area (Å²) in [5, 5.41) is 1.40. The van der Waals surface area contributed by atoms with Crippen LogP contribution in [0.3, 0.4) is 0 Å². The van der Waals surface area contributed by atoms with E-state index in [-0.39, 0.29) is 31.2 Å². The summed E-state index contributed by atoms with van der Waals surface area (Å²) in [4.78, 5) is 11.3. The quantitative estimate of drug-likeness (QED) is 0.127. The van der Waals surface area contributed by atoms with Crippen molar-refractivity contribution in [1.82, 2.24) is 9.97 Å². The second kappa shape index (κ2) is 16.2. The average molecular weight is 903 g/mol. The number of nitrogens with zero attached hydrogens (tertiary/aromatic N) is 3. The zero-order chi connectivity index (χ0) is 41.5. The minimum absolute atomic E-state index is 0. The van der Waals surface area contributed by atoms with Crippen LogP contribution in [0.15, 0.2) is 146 Å². The van der Waals surface area contributed by atoms with Crippen LogP contribution in [-0.2, 0) is 26.5 Å². The van der Waals surface area contributed by atoms with E-state index in [4.69, 9.17) is 11.8 Å². The summed E-state index contributed by atoms with van der Waals surface area (Å²) in [5.74, 6) is 0.